The van der Waals surface area contributed by atoms with Crippen molar-refractivity contribution >= 4 is 11.6 Å². The molecule has 9 heteroatoms. The van der Waals surface area contributed by atoms with Crippen LogP contribution in [0.1, 0.15) is 24.0 Å². The summed E-state index contributed by atoms with van der Waals surface area (Å²) in [6.45, 7) is 0.431. The fourth-order valence-electron chi connectivity index (χ4n) is 2.07. The Balaban J connectivity index is 2.12. The van der Waals surface area contributed by atoms with Gasteiger partial charge in [-0.1, -0.05) is 11.8 Å². The zero-order chi connectivity index (χ0) is 20.0. The third-order valence-corrected chi connectivity index (χ3v) is 3.54. The van der Waals surface area contributed by atoms with E-state index >= 15 is 0 Å². The molecule has 5 nitrogen and oxygen atoms in total. The molecule has 1 heterocycles. The molecular weight excluding hydrogens is 364 g/mol. The van der Waals surface area contributed by atoms with E-state index in [0.717, 1.165) is 0 Å². The number of amides is 1. The molecule has 2 aromatic rings. The summed E-state index contributed by atoms with van der Waals surface area (Å²) in [5, 5.41) is 2.60. The molecule has 0 aliphatic heterocycles. The van der Waals surface area contributed by atoms with Crippen LogP contribution in [0, 0.1) is 35.4 Å². The van der Waals surface area contributed by atoms with Crippen LogP contribution in [0.5, 0.6) is 0 Å². The summed E-state index contributed by atoms with van der Waals surface area (Å²) in [7, 11) is 0. The maximum Gasteiger partial charge on any atom is 0.253 e. The Labute approximate surface area is 152 Å². The van der Waals surface area contributed by atoms with Crippen LogP contribution in [-0.2, 0) is 4.79 Å². The van der Waals surface area contributed by atoms with Gasteiger partial charge in [-0.2, -0.15) is 13.8 Å². The maximum atomic E-state index is 13.5. The molecule has 142 valence electrons. The molecule has 1 atom stereocenters. The van der Waals surface area contributed by atoms with E-state index in [2.05, 4.69) is 16.2 Å². The van der Waals surface area contributed by atoms with Crippen LogP contribution in [0.25, 0.3) is 0 Å². The lowest BCUT2D eigenvalue weighted by molar-refractivity contribution is -0.117. The van der Waals surface area contributed by atoms with Gasteiger partial charge in [-0.15, -0.1) is 0 Å². The van der Waals surface area contributed by atoms with Crippen LogP contribution in [0.3, 0.4) is 0 Å². The van der Waals surface area contributed by atoms with Crippen molar-refractivity contribution in [2.24, 2.45) is 11.5 Å². The average Bonchev–Trinajstić information content (AvgIpc) is 2.65. The molecule has 1 amide bonds. The molecule has 0 saturated heterocycles. The highest BCUT2D eigenvalue weighted by molar-refractivity contribution is 5.94. The monoisotopic (exact) mass is 380 g/mol. The Morgan fingerprint density at radius 1 is 1.07 bits per heavy atom. The smallest absolute Gasteiger partial charge is 0.253 e. The number of nitrogens with two attached hydrogens (primary N) is 2. The molecule has 1 unspecified atom stereocenters. The molecule has 2 rings (SSSR count). The van der Waals surface area contributed by atoms with E-state index in [1.54, 1.807) is 0 Å². The SMILES string of the molecule is NCCCC(N)C(=O)Nc1ccc(C#Cc2c(F)c(F)nc(F)c2F)cc1. The molecule has 0 bridgehead atoms. The Kier molecular flexibility index (Phi) is 6.87. The second-order valence-corrected chi connectivity index (χ2v) is 5.55. The number of pyridine rings is 1. The second kappa shape index (κ2) is 9.12. The first-order valence-corrected chi connectivity index (χ1v) is 7.92. The van der Waals surface area contributed by atoms with Crippen LogP contribution in [-0.4, -0.2) is 23.5 Å². The summed E-state index contributed by atoms with van der Waals surface area (Å²) < 4.78 is 53.1. The van der Waals surface area contributed by atoms with Crippen molar-refractivity contribution in [3.05, 3.63) is 58.9 Å². The minimum atomic E-state index is -1.78. The molecule has 1 aromatic heterocycles. The standard InChI is InChI=1S/C18H16F4N4O/c19-14-12(15(20)17(22)26-16(14)21)8-5-10-3-6-11(7-4-10)25-18(27)13(24)2-1-9-23/h3-4,6-7,13H,1-2,9,23-24H2,(H,25,27). The van der Waals surface area contributed by atoms with Gasteiger partial charge < -0.3 is 16.8 Å². The molecule has 0 aliphatic rings. The number of halogens is 4. The van der Waals surface area contributed by atoms with E-state index in [-0.39, 0.29) is 5.91 Å². The fourth-order valence-corrected chi connectivity index (χ4v) is 2.07. The van der Waals surface area contributed by atoms with Gasteiger partial charge in [-0.3, -0.25) is 4.79 Å². The van der Waals surface area contributed by atoms with E-state index in [4.69, 9.17) is 11.5 Å². The van der Waals surface area contributed by atoms with Crippen molar-refractivity contribution in [3.63, 3.8) is 0 Å². The zero-order valence-corrected chi connectivity index (χ0v) is 14.0. The summed E-state index contributed by atoms with van der Waals surface area (Å²) >= 11 is 0. The third-order valence-electron chi connectivity index (χ3n) is 3.54. The fraction of sp³-hybridized carbons (Fsp3) is 0.222. The number of nitrogens with zero attached hydrogens (tertiary/aromatic N) is 1. The van der Waals surface area contributed by atoms with E-state index in [9.17, 15) is 22.4 Å². The van der Waals surface area contributed by atoms with Gasteiger partial charge in [0.25, 0.3) is 11.9 Å². The first-order valence-electron chi connectivity index (χ1n) is 7.92. The van der Waals surface area contributed by atoms with Crippen molar-refractivity contribution in [2.45, 2.75) is 18.9 Å². The van der Waals surface area contributed by atoms with Crippen LogP contribution in [0.4, 0.5) is 23.2 Å². The number of hydrogen-bond donors (Lipinski definition) is 3. The van der Waals surface area contributed by atoms with Crippen molar-refractivity contribution in [3.8, 4) is 11.8 Å². The van der Waals surface area contributed by atoms with Crippen LogP contribution in [0.15, 0.2) is 24.3 Å². The van der Waals surface area contributed by atoms with Crippen LogP contribution >= 0.6 is 0 Å². The van der Waals surface area contributed by atoms with E-state index in [1.807, 2.05) is 5.92 Å². The Morgan fingerprint density at radius 3 is 2.22 bits per heavy atom. The number of carbonyl (C=O) groups is 1. The zero-order valence-electron chi connectivity index (χ0n) is 14.0. The van der Waals surface area contributed by atoms with Crippen LogP contribution < -0.4 is 16.8 Å². The number of aromatic nitrogens is 1. The summed E-state index contributed by atoms with van der Waals surface area (Å²) in [6, 6.07) is 5.21. The lowest BCUT2D eigenvalue weighted by Crippen LogP contribution is -2.35. The minimum absolute atomic E-state index is 0.303. The van der Waals surface area contributed by atoms with Gasteiger partial charge in [0.1, 0.15) is 5.56 Å². The predicted molar refractivity (Wildman–Crippen MR) is 91.4 cm³/mol. The molecule has 0 fully saturated rings. The van der Waals surface area contributed by atoms with Gasteiger partial charge in [-0.25, -0.2) is 8.78 Å². The van der Waals surface area contributed by atoms with Gasteiger partial charge in [0.2, 0.25) is 5.91 Å². The molecule has 0 radical (unpaired) electrons. The quantitative estimate of drug-likeness (QED) is 0.420. The molecule has 0 aliphatic carbocycles. The predicted octanol–water partition coefficient (Wildman–Crippen LogP) is 2.04. The Morgan fingerprint density at radius 2 is 1.67 bits per heavy atom. The molecule has 1 aromatic carbocycles. The first kappa shape index (κ1) is 20.4. The highest BCUT2D eigenvalue weighted by Gasteiger charge is 2.19. The number of rotatable bonds is 5. The van der Waals surface area contributed by atoms with Gasteiger partial charge >= 0.3 is 0 Å². The Hall–Kier alpha value is -2.96. The van der Waals surface area contributed by atoms with E-state index in [1.165, 1.54) is 24.3 Å². The van der Waals surface area contributed by atoms with Crippen molar-refractivity contribution in [1.29, 1.82) is 0 Å². The second-order valence-electron chi connectivity index (χ2n) is 5.55. The molecule has 27 heavy (non-hydrogen) atoms. The third kappa shape index (κ3) is 5.26. The summed E-state index contributed by atoms with van der Waals surface area (Å²) in [5.74, 6) is -2.84. The van der Waals surface area contributed by atoms with Gasteiger partial charge in [0.15, 0.2) is 11.6 Å². The van der Waals surface area contributed by atoms with E-state index in [0.29, 0.717) is 30.6 Å². The largest absolute Gasteiger partial charge is 0.330 e. The van der Waals surface area contributed by atoms with Crippen molar-refractivity contribution < 1.29 is 22.4 Å². The summed E-state index contributed by atoms with van der Waals surface area (Å²) in [6.07, 6.45) is 1.06. The number of benzene rings is 1. The topological polar surface area (TPSA) is 94.0 Å². The van der Waals surface area contributed by atoms with Crippen LogP contribution in [0.2, 0.25) is 0 Å². The first-order chi connectivity index (χ1) is 12.8. The van der Waals surface area contributed by atoms with Gasteiger partial charge in [-0.05, 0) is 43.7 Å². The van der Waals surface area contributed by atoms with Gasteiger partial charge in [0, 0.05) is 11.3 Å². The number of carbonyl (C=O) groups excluding carboxylic acids is 1. The Bertz CT molecular complexity index is 865. The minimum Gasteiger partial charge on any atom is -0.330 e. The highest BCUT2D eigenvalue weighted by atomic mass is 19.2. The summed E-state index contributed by atoms with van der Waals surface area (Å²) in [4.78, 5) is 14.3. The van der Waals surface area contributed by atoms with E-state index < -0.39 is 35.1 Å². The number of anilines is 1. The lowest BCUT2D eigenvalue weighted by atomic mass is 10.1. The highest BCUT2D eigenvalue weighted by Crippen LogP contribution is 2.16. The maximum absolute atomic E-state index is 13.5. The molecule has 0 spiro atoms. The average molecular weight is 380 g/mol. The van der Waals surface area contributed by atoms with Crippen molar-refractivity contribution in [2.75, 3.05) is 11.9 Å². The van der Waals surface area contributed by atoms with Gasteiger partial charge in [0.05, 0.1) is 6.04 Å². The number of hydrogen-bond acceptors (Lipinski definition) is 4. The molecular formula is C18H16F4N4O. The molecule has 5 N–H and O–H groups in total. The summed E-state index contributed by atoms with van der Waals surface area (Å²) in [5.41, 5.74) is 10.8. The normalized spacial score (nSPS) is 11.5. The lowest BCUT2D eigenvalue weighted by Gasteiger charge is -2.11. The molecule has 0 saturated carbocycles. The number of nitrogens with one attached hydrogen (secondary N) is 1. The van der Waals surface area contributed by atoms with Crippen molar-refractivity contribution in [1.82, 2.24) is 4.98 Å².